The lowest BCUT2D eigenvalue weighted by molar-refractivity contribution is -0.143. The van der Waals surface area contributed by atoms with Crippen LogP contribution in [0, 0.1) is 0 Å². The Kier molecular flexibility index (Phi) is 11.4. The van der Waals surface area contributed by atoms with Crippen LogP contribution in [-0.4, -0.2) is 23.6 Å². The van der Waals surface area contributed by atoms with Gasteiger partial charge in [0, 0.05) is 11.7 Å². The van der Waals surface area contributed by atoms with Crippen molar-refractivity contribution in [2.45, 2.75) is 44.3 Å². The molecule has 0 aliphatic heterocycles. The molecule has 0 aliphatic rings. The number of rotatable bonds is 9. The standard InChI is InChI=1S/C10H20O2S3/c1-2-12-10(11)6-4-3-5-9(15-14)7-8-13/h9,13-14H,2-8H2,1H3. The first kappa shape index (κ1) is 15.5. The molecule has 0 amide bonds. The van der Waals surface area contributed by atoms with Crippen LogP contribution >= 0.6 is 35.1 Å². The van der Waals surface area contributed by atoms with Gasteiger partial charge in [0.2, 0.25) is 0 Å². The van der Waals surface area contributed by atoms with Gasteiger partial charge in [0.25, 0.3) is 0 Å². The number of hydrogen-bond acceptors (Lipinski definition) is 5. The fourth-order valence-electron chi connectivity index (χ4n) is 1.27. The summed E-state index contributed by atoms with van der Waals surface area (Å²) < 4.78 is 4.85. The molecule has 90 valence electrons. The van der Waals surface area contributed by atoms with Gasteiger partial charge in [-0.15, -0.1) is 11.7 Å². The maximum Gasteiger partial charge on any atom is 0.305 e. The number of carbonyl (C=O) groups excluding carboxylic acids is 1. The summed E-state index contributed by atoms with van der Waals surface area (Å²) in [7, 11) is 1.59. The molecule has 0 aromatic heterocycles. The summed E-state index contributed by atoms with van der Waals surface area (Å²) in [5.41, 5.74) is 0. The van der Waals surface area contributed by atoms with Gasteiger partial charge in [0.15, 0.2) is 0 Å². The SMILES string of the molecule is CCOC(=O)CCCCC(CCS)SS. The van der Waals surface area contributed by atoms with Crippen molar-refractivity contribution < 1.29 is 9.53 Å². The van der Waals surface area contributed by atoms with Gasteiger partial charge in [0.05, 0.1) is 6.61 Å². The molecular weight excluding hydrogens is 248 g/mol. The maximum atomic E-state index is 11.0. The van der Waals surface area contributed by atoms with Crippen LogP contribution in [0.15, 0.2) is 0 Å². The lowest BCUT2D eigenvalue weighted by Gasteiger charge is -2.11. The average molecular weight is 268 g/mol. The Morgan fingerprint density at radius 3 is 2.67 bits per heavy atom. The highest BCUT2D eigenvalue weighted by atomic mass is 33.1. The van der Waals surface area contributed by atoms with Crippen LogP contribution in [-0.2, 0) is 9.53 Å². The molecule has 0 heterocycles. The Bertz CT molecular complexity index is 165. The molecule has 0 saturated carbocycles. The molecule has 0 rings (SSSR count). The highest BCUT2D eigenvalue weighted by Gasteiger charge is 2.07. The van der Waals surface area contributed by atoms with E-state index in [4.69, 9.17) is 4.74 Å². The zero-order valence-corrected chi connectivity index (χ0v) is 11.8. The summed E-state index contributed by atoms with van der Waals surface area (Å²) in [5.74, 6) is 0.817. The van der Waals surface area contributed by atoms with Crippen LogP contribution in [0.25, 0.3) is 0 Å². The molecule has 0 saturated heterocycles. The summed E-state index contributed by atoms with van der Waals surface area (Å²) in [6.45, 7) is 2.31. The van der Waals surface area contributed by atoms with Gasteiger partial charge in [-0.25, -0.2) is 0 Å². The smallest absolute Gasteiger partial charge is 0.305 e. The average Bonchev–Trinajstić information content (AvgIpc) is 2.23. The van der Waals surface area contributed by atoms with Crippen LogP contribution in [0.3, 0.4) is 0 Å². The molecule has 0 radical (unpaired) electrons. The second-order valence-corrected chi connectivity index (χ2v) is 5.25. The minimum absolute atomic E-state index is 0.0817. The molecule has 1 atom stereocenters. The topological polar surface area (TPSA) is 26.3 Å². The molecule has 0 aliphatic carbocycles. The number of unbranched alkanes of at least 4 members (excludes halogenated alkanes) is 1. The number of ether oxygens (including phenoxy) is 1. The van der Waals surface area contributed by atoms with E-state index in [-0.39, 0.29) is 5.97 Å². The molecule has 0 aromatic carbocycles. The molecule has 5 heteroatoms. The highest BCUT2D eigenvalue weighted by molar-refractivity contribution is 8.68. The quantitative estimate of drug-likeness (QED) is 0.290. The van der Waals surface area contributed by atoms with Crippen molar-refractivity contribution in [3.8, 4) is 0 Å². The third-order valence-corrected chi connectivity index (χ3v) is 3.98. The Labute approximate surface area is 107 Å². The van der Waals surface area contributed by atoms with Gasteiger partial charge < -0.3 is 4.74 Å². The van der Waals surface area contributed by atoms with E-state index in [0.717, 1.165) is 31.4 Å². The van der Waals surface area contributed by atoms with E-state index in [1.807, 2.05) is 6.92 Å². The molecule has 0 aromatic rings. The zero-order valence-electron chi connectivity index (χ0n) is 9.15. The molecule has 0 spiro atoms. The number of carbonyl (C=O) groups is 1. The van der Waals surface area contributed by atoms with Crippen molar-refractivity contribution in [1.82, 2.24) is 0 Å². The van der Waals surface area contributed by atoms with Gasteiger partial charge >= 0.3 is 5.97 Å². The Morgan fingerprint density at radius 1 is 1.40 bits per heavy atom. The first-order chi connectivity index (χ1) is 7.24. The monoisotopic (exact) mass is 268 g/mol. The van der Waals surface area contributed by atoms with Crippen LogP contribution in [0.4, 0.5) is 0 Å². The fraction of sp³-hybridized carbons (Fsp3) is 0.900. The lowest BCUT2D eigenvalue weighted by Crippen LogP contribution is -2.05. The summed E-state index contributed by atoms with van der Waals surface area (Å²) >= 11 is 8.41. The predicted octanol–water partition coefficient (Wildman–Crippen LogP) is 3.38. The molecule has 2 nitrogen and oxygen atoms in total. The van der Waals surface area contributed by atoms with E-state index in [9.17, 15) is 4.79 Å². The first-order valence-electron chi connectivity index (χ1n) is 5.31. The summed E-state index contributed by atoms with van der Waals surface area (Å²) in [5, 5.41) is 0.563. The minimum atomic E-state index is -0.0817. The van der Waals surface area contributed by atoms with E-state index in [2.05, 4.69) is 24.3 Å². The van der Waals surface area contributed by atoms with Gasteiger partial charge in [-0.2, -0.15) is 12.6 Å². The van der Waals surface area contributed by atoms with Gasteiger partial charge in [0.1, 0.15) is 0 Å². The van der Waals surface area contributed by atoms with E-state index < -0.39 is 0 Å². The van der Waals surface area contributed by atoms with E-state index in [1.54, 1.807) is 10.8 Å². The Hall–Kier alpha value is 0.520. The van der Waals surface area contributed by atoms with Crippen LogP contribution < -0.4 is 0 Å². The highest BCUT2D eigenvalue weighted by Crippen LogP contribution is 2.24. The summed E-state index contributed by atoms with van der Waals surface area (Å²) in [6, 6.07) is 0. The Balaban J connectivity index is 3.39. The molecule has 1 unspecified atom stereocenters. The van der Waals surface area contributed by atoms with Crippen molar-refractivity contribution in [1.29, 1.82) is 0 Å². The maximum absolute atomic E-state index is 11.0. The lowest BCUT2D eigenvalue weighted by atomic mass is 10.1. The number of thiol groups is 2. The molecule has 0 fully saturated rings. The van der Waals surface area contributed by atoms with Crippen LogP contribution in [0.1, 0.15) is 39.0 Å². The summed E-state index contributed by atoms with van der Waals surface area (Å²) in [6.07, 6.45) is 4.70. The van der Waals surface area contributed by atoms with Gasteiger partial charge in [-0.05, 0) is 31.9 Å². The third-order valence-electron chi connectivity index (χ3n) is 2.06. The summed E-state index contributed by atoms with van der Waals surface area (Å²) in [4.78, 5) is 11.0. The van der Waals surface area contributed by atoms with Gasteiger partial charge in [-0.1, -0.05) is 17.2 Å². The van der Waals surface area contributed by atoms with Crippen molar-refractivity contribution in [2.75, 3.05) is 12.4 Å². The first-order valence-corrected chi connectivity index (χ1v) is 7.87. The Morgan fingerprint density at radius 2 is 2.13 bits per heavy atom. The normalized spacial score (nSPS) is 12.5. The third kappa shape index (κ3) is 9.45. The van der Waals surface area contributed by atoms with E-state index >= 15 is 0 Å². The molecular formula is C10H20O2S3. The van der Waals surface area contributed by atoms with Crippen molar-refractivity contribution in [2.24, 2.45) is 0 Å². The second kappa shape index (κ2) is 11.0. The van der Waals surface area contributed by atoms with Crippen molar-refractivity contribution in [3.63, 3.8) is 0 Å². The van der Waals surface area contributed by atoms with E-state index in [0.29, 0.717) is 18.3 Å². The van der Waals surface area contributed by atoms with Crippen LogP contribution in [0.2, 0.25) is 0 Å². The number of hydrogen-bond donors (Lipinski definition) is 2. The second-order valence-electron chi connectivity index (χ2n) is 3.29. The molecule has 15 heavy (non-hydrogen) atoms. The van der Waals surface area contributed by atoms with Gasteiger partial charge in [-0.3, -0.25) is 4.79 Å². The zero-order chi connectivity index (χ0) is 11.5. The number of esters is 1. The van der Waals surface area contributed by atoms with Crippen molar-refractivity contribution >= 4 is 41.1 Å². The minimum Gasteiger partial charge on any atom is -0.466 e. The predicted molar refractivity (Wildman–Crippen MR) is 73.9 cm³/mol. The fourth-order valence-corrected chi connectivity index (χ4v) is 2.88. The molecule has 0 N–H and O–H groups in total. The largest absolute Gasteiger partial charge is 0.466 e. The van der Waals surface area contributed by atoms with E-state index in [1.165, 1.54) is 0 Å². The van der Waals surface area contributed by atoms with Crippen molar-refractivity contribution in [3.05, 3.63) is 0 Å². The van der Waals surface area contributed by atoms with Crippen LogP contribution in [0.5, 0.6) is 0 Å². The molecule has 0 bridgehead atoms.